The number of aromatic nitrogens is 2. The maximum absolute atomic E-state index is 9.28. The average Bonchev–Trinajstić information content (AvgIpc) is 2.28. The van der Waals surface area contributed by atoms with Crippen molar-refractivity contribution in [1.82, 2.24) is 9.97 Å². The number of hydrogen-bond acceptors (Lipinski definition) is 6. The van der Waals surface area contributed by atoms with Crippen LogP contribution in [0.5, 0.6) is 0 Å². The van der Waals surface area contributed by atoms with Gasteiger partial charge in [-0.25, -0.2) is 15.8 Å². The van der Waals surface area contributed by atoms with Crippen molar-refractivity contribution in [2.24, 2.45) is 5.84 Å². The summed E-state index contributed by atoms with van der Waals surface area (Å²) >= 11 is 0. The Kier molecular flexibility index (Phi) is 4.65. The van der Waals surface area contributed by atoms with Gasteiger partial charge in [0.05, 0.1) is 6.10 Å². The first-order chi connectivity index (χ1) is 7.95. The van der Waals surface area contributed by atoms with E-state index < -0.39 is 0 Å². The van der Waals surface area contributed by atoms with Crippen molar-refractivity contribution in [2.45, 2.75) is 33.3 Å². The third kappa shape index (κ3) is 3.54. The third-order valence-corrected chi connectivity index (χ3v) is 2.61. The summed E-state index contributed by atoms with van der Waals surface area (Å²) in [4.78, 5) is 10.6. The summed E-state index contributed by atoms with van der Waals surface area (Å²) in [5, 5.41) is 9.28. The third-order valence-electron chi connectivity index (χ3n) is 2.61. The molecule has 1 unspecified atom stereocenters. The Balaban J connectivity index is 2.92. The lowest BCUT2D eigenvalue weighted by Crippen LogP contribution is -2.25. The highest BCUT2D eigenvalue weighted by Gasteiger charge is 2.12. The van der Waals surface area contributed by atoms with Gasteiger partial charge in [-0.3, -0.25) is 0 Å². The Morgan fingerprint density at radius 3 is 2.59 bits per heavy atom. The zero-order chi connectivity index (χ0) is 13.0. The largest absolute Gasteiger partial charge is 0.393 e. The van der Waals surface area contributed by atoms with Crippen LogP contribution in [-0.4, -0.2) is 34.8 Å². The van der Waals surface area contributed by atoms with E-state index in [1.54, 1.807) is 6.92 Å². The van der Waals surface area contributed by atoms with E-state index >= 15 is 0 Å². The molecule has 0 aliphatic heterocycles. The second kappa shape index (κ2) is 5.79. The molecule has 96 valence electrons. The number of hydrazine groups is 1. The lowest BCUT2D eigenvalue weighted by atomic mass is 10.2. The highest BCUT2D eigenvalue weighted by atomic mass is 16.3. The average molecular weight is 239 g/mol. The van der Waals surface area contributed by atoms with Gasteiger partial charge in [-0.1, -0.05) is 0 Å². The number of aryl methyl sites for hydroxylation is 1. The lowest BCUT2D eigenvalue weighted by molar-refractivity contribution is 0.187. The Hall–Kier alpha value is -1.40. The van der Waals surface area contributed by atoms with Crippen molar-refractivity contribution in [2.75, 3.05) is 23.9 Å². The van der Waals surface area contributed by atoms with Gasteiger partial charge in [0.2, 0.25) is 0 Å². The quantitative estimate of drug-likeness (QED) is 0.515. The van der Waals surface area contributed by atoms with Crippen LogP contribution in [0, 0.1) is 13.8 Å². The summed E-state index contributed by atoms with van der Waals surface area (Å²) in [5.41, 5.74) is 3.48. The van der Waals surface area contributed by atoms with Crippen LogP contribution in [0.1, 0.15) is 24.7 Å². The second-order valence-corrected chi connectivity index (χ2v) is 4.27. The second-order valence-electron chi connectivity index (χ2n) is 4.27. The minimum absolute atomic E-state index is 0.312. The van der Waals surface area contributed by atoms with Crippen LogP contribution in [0.4, 0.5) is 11.6 Å². The maximum atomic E-state index is 9.28. The van der Waals surface area contributed by atoms with E-state index in [-0.39, 0.29) is 6.10 Å². The zero-order valence-electron chi connectivity index (χ0n) is 10.9. The van der Waals surface area contributed by atoms with Gasteiger partial charge < -0.3 is 15.4 Å². The predicted octanol–water partition coefficient (Wildman–Crippen LogP) is 0.586. The van der Waals surface area contributed by atoms with E-state index in [0.717, 1.165) is 17.9 Å². The van der Waals surface area contributed by atoms with Gasteiger partial charge in [0.15, 0.2) is 0 Å². The van der Waals surface area contributed by atoms with Gasteiger partial charge in [-0.05, 0) is 27.2 Å². The van der Waals surface area contributed by atoms with Crippen molar-refractivity contribution in [3.8, 4) is 0 Å². The molecule has 1 atom stereocenters. The minimum atomic E-state index is -0.312. The molecule has 1 rings (SSSR count). The normalized spacial score (nSPS) is 12.4. The topological polar surface area (TPSA) is 87.3 Å². The molecule has 0 bridgehead atoms. The monoisotopic (exact) mass is 239 g/mol. The Labute approximate surface area is 102 Å². The smallest absolute Gasteiger partial charge is 0.148 e. The molecule has 4 N–H and O–H groups in total. The Morgan fingerprint density at radius 2 is 2.06 bits per heavy atom. The summed E-state index contributed by atoms with van der Waals surface area (Å²) in [6.45, 7) is 6.26. The van der Waals surface area contributed by atoms with E-state index in [9.17, 15) is 5.11 Å². The number of nitrogen functional groups attached to an aromatic ring is 1. The van der Waals surface area contributed by atoms with E-state index in [2.05, 4.69) is 15.4 Å². The van der Waals surface area contributed by atoms with E-state index in [4.69, 9.17) is 5.84 Å². The molecule has 0 saturated heterocycles. The zero-order valence-corrected chi connectivity index (χ0v) is 10.9. The van der Waals surface area contributed by atoms with Gasteiger partial charge in [-0.15, -0.1) is 0 Å². The lowest BCUT2D eigenvalue weighted by Gasteiger charge is -2.22. The Morgan fingerprint density at radius 1 is 1.41 bits per heavy atom. The number of rotatable bonds is 5. The molecular formula is C11H21N5O. The number of nitrogens with zero attached hydrogens (tertiary/aromatic N) is 3. The molecule has 6 heteroatoms. The summed E-state index contributed by atoms with van der Waals surface area (Å²) in [6.07, 6.45) is 0.387. The van der Waals surface area contributed by atoms with Crippen molar-refractivity contribution < 1.29 is 5.11 Å². The molecule has 0 aliphatic rings. The molecule has 0 fully saturated rings. The number of nitrogens with one attached hydrogen (secondary N) is 1. The first-order valence-electron chi connectivity index (χ1n) is 5.66. The Bertz CT molecular complexity index is 380. The first kappa shape index (κ1) is 13.7. The summed E-state index contributed by atoms with van der Waals surface area (Å²) in [6, 6.07) is 0. The fraction of sp³-hybridized carbons (Fsp3) is 0.636. The SMILES string of the molecule is Cc1nc(NN)c(C)c(N(C)CCC(C)O)n1. The highest BCUT2D eigenvalue weighted by molar-refractivity contribution is 5.57. The maximum Gasteiger partial charge on any atom is 0.148 e. The highest BCUT2D eigenvalue weighted by Crippen LogP contribution is 2.22. The molecule has 0 spiro atoms. The molecule has 17 heavy (non-hydrogen) atoms. The van der Waals surface area contributed by atoms with E-state index in [0.29, 0.717) is 18.1 Å². The number of hydrogen-bond donors (Lipinski definition) is 3. The molecule has 1 aromatic heterocycles. The van der Waals surface area contributed by atoms with E-state index in [1.165, 1.54) is 0 Å². The van der Waals surface area contributed by atoms with Crippen LogP contribution < -0.4 is 16.2 Å². The van der Waals surface area contributed by atoms with Gasteiger partial charge in [0.25, 0.3) is 0 Å². The van der Waals surface area contributed by atoms with Crippen LogP contribution in [0.3, 0.4) is 0 Å². The molecule has 0 aromatic carbocycles. The molecular weight excluding hydrogens is 218 g/mol. The number of aliphatic hydroxyl groups excluding tert-OH is 1. The van der Waals surface area contributed by atoms with Crippen molar-refractivity contribution in [3.63, 3.8) is 0 Å². The molecule has 1 heterocycles. The van der Waals surface area contributed by atoms with Gasteiger partial charge in [0.1, 0.15) is 17.5 Å². The van der Waals surface area contributed by atoms with Crippen LogP contribution in [0.15, 0.2) is 0 Å². The molecule has 0 radical (unpaired) electrons. The predicted molar refractivity (Wildman–Crippen MR) is 68.9 cm³/mol. The van der Waals surface area contributed by atoms with Gasteiger partial charge in [0, 0.05) is 19.2 Å². The summed E-state index contributed by atoms with van der Waals surface area (Å²) in [5.74, 6) is 7.56. The molecule has 0 amide bonds. The van der Waals surface area contributed by atoms with Crippen molar-refractivity contribution >= 4 is 11.6 Å². The van der Waals surface area contributed by atoms with Crippen LogP contribution >= 0.6 is 0 Å². The number of aliphatic hydroxyl groups is 1. The molecule has 1 aromatic rings. The number of nitrogens with two attached hydrogens (primary N) is 1. The minimum Gasteiger partial charge on any atom is -0.393 e. The summed E-state index contributed by atoms with van der Waals surface area (Å²) in [7, 11) is 1.94. The van der Waals surface area contributed by atoms with Crippen LogP contribution in [0.2, 0.25) is 0 Å². The molecule has 0 aliphatic carbocycles. The fourth-order valence-corrected chi connectivity index (χ4v) is 1.61. The van der Waals surface area contributed by atoms with Crippen molar-refractivity contribution in [3.05, 3.63) is 11.4 Å². The summed E-state index contributed by atoms with van der Waals surface area (Å²) < 4.78 is 0. The number of anilines is 2. The van der Waals surface area contributed by atoms with E-state index in [1.807, 2.05) is 25.8 Å². The molecule has 0 saturated carbocycles. The van der Waals surface area contributed by atoms with Crippen LogP contribution in [-0.2, 0) is 0 Å². The van der Waals surface area contributed by atoms with Gasteiger partial charge >= 0.3 is 0 Å². The first-order valence-corrected chi connectivity index (χ1v) is 5.66. The van der Waals surface area contributed by atoms with Crippen molar-refractivity contribution in [1.29, 1.82) is 0 Å². The standard InChI is InChI=1S/C11H21N5O/c1-7(17)5-6-16(4)11-8(2)10(15-12)13-9(3)14-11/h7,17H,5-6,12H2,1-4H3,(H,13,14,15). The van der Waals surface area contributed by atoms with Gasteiger partial charge in [-0.2, -0.15) is 0 Å². The van der Waals surface area contributed by atoms with Crippen LogP contribution in [0.25, 0.3) is 0 Å². The fourth-order valence-electron chi connectivity index (χ4n) is 1.61. The molecule has 6 nitrogen and oxygen atoms in total.